The molecule has 1 atom stereocenters. The molecule has 2 aromatic rings. The van der Waals surface area contributed by atoms with Crippen LogP contribution in [0.5, 0.6) is 0 Å². The lowest BCUT2D eigenvalue weighted by atomic mass is 10.1. The summed E-state index contributed by atoms with van der Waals surface area (Å²) in [7, 11) is 0. The average molecular weight is 267 g/mol. The Morgan fingerprint density at radius 1 is 1.61 bits per heavy atom. The first-order valence-corrected chi connectivity index (χ1v) is 6.48. The van der Waals surface area contributed by atoms with Crippen molar-refractivity contribution in [3.8, 4) is 10.7 Å². The highest BCUT2D eigenvalue weighted by atomic mass is 32.1. The highest BCUT2D eigenvalue weighted by Gasteiger charge is 2.21. The van der Waals surface area contributed by atoms with E-state index in [-0.39, 0.29) is 12.5 Å². The van der Waals surface area contributed by atoms with Crippen LogP contribution in [0.3, 0.4) is 0 Å². The number of nitrogens with zero attached hydrogens (tertiary/aromatic N) is 5. The Kier molecular flexibility index (Phi) is 3.98. The van der Waals surface area contributed by atoms with Crippen LogP contribution in [0.1, 0.15) is 32.2 Å². The summed E-state index contributed by atoms with van der Waals surface area (Å²) in [6.07, 6.45) is 3.30. The van der Waals surface area contributed by atoms with Gasteiger partial charge in [0, 0.05) is 6.20 Å². The van der Waals surface area contributed by atoms with Gasteiger partial charge in [-0.15, -0.1) is 16.4 Å². The fourth-order valence-corrected chi connectivity index (χ4v) is 2.37. The van der Waals surface area contributed by atoms with Crippen LogP contribution >= 0.6 is 11.3 Å². The van der Waals surface area contributed by atoms with Crippen molar-refractivity contribution in [2.75, 3.05) is 0 Å². The van der Waals surface area contributed by atoms with Crippen molar-refractivity contribution in [2.24, 2.45) is 0 Å². The van der Waals surface area contributed by atoms with Crippen LogP contribution in [0.4, 0.5) is 0 Å². The van der Waals surface area contributed by atoms with Gasteiger partial charge < -0.3 is 5.11 Å². The molecule has 0 aliphatic rings. The van der Waals surface area contributed by atoms with Crippen LogP contribution in [-0.4, -0.2) is 36.3 Å². The smallest absolute Gasteiger partial charge is 0.305 e. The van der Waals surface area contributed by atoms with Crippen LogP contribution < -0.4 is 0 Å². The van der Waals surface area contributed by atoms with E-state index in [1.54, 1.807) is 16.4 Å². The number of aliphatic carboxylic acids is 1. The molecule has 2 rings (SSSR count). The van der Waals surface area contributed by atoms with E-state index in [1.165, 1.54) is 11.3 Å². The van der Waals surface area contributed by atoms with Gasteiger partial charge in [-0.1, -0.05) is 13.3 Å². The number of rotatable bonds is 6. The number of carboxylic acid groups (broad SMARTS) is 1. The van der Waals surface area contributed by atoms with Gasteiger partial charge in [-0.25, -0.2) is 4.68 Å². The molecule has 0 radical (unpaired) electrons. The molecule has 2 aromatic heterocycles. The predicted molar refractivity (Wildman–Crippen MR) is 65.1 cm³/mol. The standard InChI is InChI=1S/C10H13N5O2S/c1-2-3-7(4-9(16)17)15-10(12-13-14-15)8-5-11-6-18-8/h5-7H,2-4H2,1H3,(H,16,17). The van der Waals surface area contributed by atoms with E-state index in [0.29, 0.717) is 5.82 Å². The molecule has 0 spiro atoms. The van der Waals surface area contributed by atoms with Gasteiger partial charge in [-0.05, 0) is 16.8 Å². The summed E-state index contributed by atoms with van der Waals surface area (Å²) in [5.41, 5.74) is 1.69. The van der Waals surface area contributed by atoms with Crippen LogP contribution in [0.15, 0.2) is 11.7 Å². The number of hydrogen-bond donors (Lipinski definition) is 1. The van der Waals surface area contributed by atoms with E-state index < -0.39 is 5.97 Å². The molecule has 0 saturated heterocycles. The first-order valence-electron chi connectivity index (χ1n) is 5.61. The molecule has 0 aromatic carbocycles. The Morgan fingerprint density at radius 2 is 2.44 bits per heavy atom. The molecule has 2 heterocycles. The van der Waals surface area contributed by atoms with Crippen molar-refractivity contribution in [3.05, 3.63) is 11.7 Å². The zero-order chi connectivity index (χ0) is 13.0. The van der Waals surface area contributed by atoms with Gasteiger partial charge in [-0.3, -0.25) is 9.78 Å². The molecular weight excluding hydrogens is 254 g/mol. The highest BCUT2D eigenvalue weighted by Crippen LogP contribution is 2.26. The summed E-state index contributed by atoms with van der Waals surface area (Å²) < 4.78 is 1.59. The summed E-state index contributed by atoms with van der Waals surface area (Å²) >= 11 is 1.43. The van der Waals surface area contributed by atoms with Gasteiger partial charge in [0.1, 0.15) is 0 Å². The second-order valence-electron chi connectivity index (χ2n) is 3.85. The minimum Gasteiger partial charge on any atom is -0.481 e. The average Bonchev–Trinajstić information content (AvgIpc) is 2.98. The normalized spacial score (nSPS) is 12.5. The third-order valence-corrected chi connectivity index (χ3v) is 3.29. The Hall–Kier alpha value is -1.83. The number of hydrogen-bond acceptors (Lipinski definition) is 6. The monoisotopic (exact) mass is 267 g/mol. The van der Waals surface area contributed by atoms with Crippen molar-refractivity contribution in [1.29, 1.82) is 0 Å². The fourth-order valence-electron chi connectivity index (χ4n) is 1.77. The topological polar surface area (TPSA) is 93.8 Å². The zero-order valence-electron chi connectivity index (χ0n) is 9.85. The molecule has 18 heavy (non-hydrogen) atoms. The molecule has 1 N–H and O–H groups in total. The van der Waals surface area contributed by atoms with E-state index in [2.05, 4.69) is 20.5 Å². The molecule has 0 saturated carbocycles. The maximum atomic E-state index is 10.9. The van der Waals surface area contributed by atoms with Gasteiger partial charge in [-0.2, -0.15) is 0 Å². The Morgan fingerprint density at radius 3 is 3.06 bits per heavy atom. The van der Waals surface area contributed by atoms with Gasteiger partial charge >= 0.3 is 5.97 Å². The van der Waals surface area contributed by atoms with Gasteiger partial charge in [0.05, 0.1) is 22.9 Å². The summed E-state index contributed by atoms with van der Waals surface area (Å²) in [6, 6.07) is -0.223. The summed E-state index contributed by atoms with van der Waals surface area (Å²) in [6.45, 7) is 2.01. The summed E-state index contributed by atoms with van der Waals surface area (Å²) in [5, 5.41) is 20.4. The SMILES string of the molecule is CCCC(CC(=O)O)n1nnnc1-c1cncs1. The van der Waals surface area contributed by atoms with E-state index in [9.17, 15) is 4.79 Å². The summed E-state index contributed by atoms with van der Waals surface area (Å²) in [4.78, 5) is 15.7. The van der Waals surface area contributed by atoms with E-state index >= 15 is 0 Å². The largest absolute Gasteiger partial charge is 0.481 e. The maximum absolute atomic E-state index is 10.9. The number of carbonyl (C=O) groups is 1. The van der Waals surface area contributed by atoms with Gasteiger partial charge in [0.2, 0.25) is 0 Å². The lowest BCUT2D eigenvalue weighted by Crippen LogP contribution is -2.16. The predicted octanol–water partition coefficient (Wildman–Crippen LogP) is 1.61. The maximum Gasteiger partial charge on any atom is 0.305 e. The first-order chi connectivity index (χ1) is 8.72. The van der Waals surface area contributed by atoms with Crippen LogP contribution in [0.2, 0.25) is 0 Å². The minimum absolute atomic E-state index is 0.0185. The van der Waals surface area contributed by atoms with Crippen molar-refractivity contribution in [1.82, 2.24) is 25.2 Å². The number of aromatic nitrogens is 5. The molecule has 1 unspecified atom stereocenters. The van der Waals surface area contributed by atoms with Crippen molar-refractivity contribution in [3.63, 3.8) is 0 Å². The molecule has 0 aliphatic carbocycles. The van der Waals surface area contributed by atoms with Crippen molar-refractivity contribution < 1.29 is 9.90 Å². The highest BCUT2D eigenvalue weighted by molar-refractivity contribution is 7.13. The van der Waals surface area contributed by atoms with Crippen LogP contribution in [-0.2, 0) is 4.79 Å². The third-order valence-electron chi connectivity index (χ3n) is 2.52. The quantitative estimate of drug-likeness (QED) is 0.854. The van der Waals surface area contributed by atoms with Gasteiger partial charge in [0.25, 0.3) is 0 Å². The number of carboxylic acids is 1. The van der Waals surface area contributed by atoms with E-state index in [1.807, 2.05) is 6.92 Å². The van der Waals surface area contributed by atoms with Gasteiger partial charge in [0.15, 0.2) is 5.82 Å². The Labute approximate surface area is 107 Å². The Balaban J connectivity index is 2.30. The molecule has 7 nitrogen and oxygen atoms in total. The molecular formula is C10H13N5O2S. The molecule has 0 aliphatic heterocycles. The third kappa shape index (κ3) is 2.70. The van der Waals surface area contributed by atoms with E-state index in [4.69, 9.17) is 5.11 Å². The second kappa shape index (κ2) is 5.67. The van der Waals surface area contributed by atoms with E-state index in [0.717, 1.165) is 17.7 Å². The molecule has 8 heteroatoms. The lowest BCUT2D eigenvalue weighted by molar-refractivity contribution is -0.138. The second-order valence-corrected chi connectivity index (χ2v) is 4.74. The summed E-state index contributed by atoms with van der Waals surface area (Å²) in [5.74, 6) is -0.267. The van der Waals surface area contributed by atoms with Crippen LogP contribution in [0.25, 0.3) is 10.7 Å². The molecule has 0 bridgehead atoms. The molecule has 0 fully saturated rings. The number of thiazole rings is 1. The first kappa shape index (κ1) is 12.6. The van der Waals surface area contributed by atoms with Crippen molar-refractivity contribution >= 4 is 17.3 Å². The zero-order valence-corrected chi connectivity index (χ0v) is 10.7. The number of tetrazole rings is 1. The fraction of sp³-hybridized carbons (Fsp3) is 0.500. The Bertz CT molecular complexity index is 510. The van der Waals surface area contributed by atoms with Crippen LogP contribution in [0, 0.1) is 0 Å². The molecule has 96 valence electrons. The van der Waals surface area contributed by atoms with Crippen molar-refractivity contribution in [2.45, 2.75) is 32.2 Å². The minimum atomic E-state index is -0.848. The lowest BCUT2D eigenvalue weighted by Gasteiger charge is -2.14. The molecule has 0 amide bonds.